The van der Waals surface area contributed by atoms with E-state index in [-0.39, 0.29) is 5.75 Å². The Hall–Kier alpha value is -2.40. The maximum Gasteiger partial charge on any atom is 0.191 e. The molecule has 0 atom stereocenters. The molecule has 21 heavy (non-hydrogen) atoms. The predicted octanol–water partition coefficient (Wildman–Crippen LogP) is 3.33. The summed E-state index contributed by atoms with van der Waals surface area (Å²) >= 11 is 5.18. The topological polar surface area (TPSA) is 56.7 Å². The highest BCUT2D eigenvalue weighted by atomic mass is 32.1. The van der Waals surface area contributed by atoms with Crippen LogP contribution in [-0.2, 0) is 0 Å². The van der Waals surface area contributed by atoms with Crippen molar-refractivity contribution in [3.8, 4) is 5.75 Å². The lowest BCUT2D eigenvalue weighted by atomic mass is 10.1. The van der Waals surface area contributed by atoms with Crippen molar-refractivity contribution in [3.63, 3.8) is 0 Å². The minimum absolute atomic E-state index is 0.204. The zero-order valence-corrected chi connectivity index (χ0v) is 12.7. The van der Waals surface area contributed by atoms with E-state index in [1.807, 2.05) is 32.0 Å². The van der Waals surface area contributed by atoms with E-state index in [1.54, 1.807) is 24.4 Å². The molecule has 5 heteroatoms. The Balaban J connectivity index is 1.93. The standard InChI is InChI=1S/C16H17N3OS/c1-11-6-7-15(12(2)8-11)18-16(21)19-17-10-13-4-3-5-14(20)9-13/h3-10,20H,1-2H3,(H2,18,19,21). The Labute approximate surface area is 129 Å². The van der Waals surface area contributed by atoms with Gasteiger partial charge in [-0.25, -0.2) is 0 Å². The van der Waals surface area contributed by atoms with Gasteiger partial charge < -0.3 is 10.4 Å². The van der Waals surface area contributed by atoms with Crippen molar-refractivity contribution in [2.75, 3.05) is 5.32 Å². The van der Waals surface area contributed by atoms with Gasteiger partial charge in [-0.15, -0.1) is 0 Å². The normalized spacial score (nSPS) is 10.6. The lowest BCUT2D eigenvalue weighted by Crippen LogP contribution is -2.24. The van der Waals surface area contributed by atoms with Crippen LogP contribution >= 0.6 is 12.2 Å². The smallest absolute Gasteiger partial charge is 0.191 e. The number of thiocarbonyl (C=S) groups is 1. The molecule has 0 aromatic heterocycles. The fourth-order valence-corrected chi connectivity index (χ4v) is 2.04. The number of rotatable bonds is 3. The van der Waals surface area contributed by atoms with Crippen molar-refractivity contribution in [1.29, 1.82) is 0 Å². The van der Waals surface area contributed by atoms with Gasteiger partial charge in [0.25, 0.3) is 0 Å². The first kappa shape index (κ1) is 15.0. The lowest BCUT2D eigenvalue weighted by molar-refractivity contribution is 0.475. The van der Waals surface area contributed by atoms with Crippen LogP contribution in [-0.4, -0.2) is 16.4 Å². The van der Waals surface area contributed by atoms with Gasteiger partial charge in [-0.3, -0.25) is 5.43 Å². The molecule has 108 valence electrons. The van der Waals surface area contributed by atoms with Gasteiger partial charge in [0.15, 0.2) is 5.11 Å². The number of hydrogen-bond donors (Lipinski definition) is 3. The number of nitrogens with zero attached hydrogens (tertiary/aromatic N) is 1. The number of phenolic OH excluding ortho intramolecular Hbond substituents is 1. The zero-order valence-electron chi connectivity index (χ0n) is 11.9. The van der Waals surface area contributed by atoms with E-state index in [4.69, 9.17) is 12.2 Å². The fourth-order valence-electron chi connectivity index (χ4n) is 1.87. The van der Waals surface area contributed by atoms with Crippen LogP contribution in [0.5, 0.6) is 5.75 Å². The highest BCUT2D eigenvalue weighted by Crippen LogP contribution is 2.15. The Morgan fingerprint density at radius 2 is 2.00 bits per heavy atom. The summed E-state index contributed by atoms with van der Waals surface area (Å²) in [5.74, 6) is 0.204. The number of aryl methyl sites for hydroxylation is 2. The Morgan fingerprint density at radius 3 is 2.71 bits per heavy atom. The molecule has 0 aliphatic carbocycles. The summed E-state index contributed by atoms with van der Waals surface area (Å²) in [6.07, 6.45) is 1.59. The summed E-state index contributed by atoms with van der Waals surface area (Å²) in [6, 6.07) is 12.9. The molecule has 0 spiro atoms. The van der Waals surface area contributed by atoms with E-state index >= 15 is 0 Å². The average molecular weight is 299 g/mol. The summed E-state index contributed by atoms with van der Waals surface area (Å²) in [4.78, 5) is 0. The predicted molar refractivity (Wildman–Crippen MR) is 91.0 cm³/mol. The number of anilines is 1. The molecule has 0 saturated heterocycles. The molecule has 3 N–H and O–H groups in total. The van der Waals surface area contributed by atoms with Crippen molar-refractivity contribution < 1.29 is 5.11 Å². The molecular formula is C16H17N3OS. The third-order valence-electron chi connectivity index (χ3n) is 2.88. The minimum atomic E-state index is 0.204. The molecular weight excluding hydrogens is 282 g/mol. The lowest BCUT2D eigenvalue weighted by Gasteiger charge is -2.10. The quantitative estimate of drug-likeness (QED) is 0.462. The first-order valence-corrected chi connectivity index (χ1v) is 6.92. The van der Waals surface area contributed by atoms with Crippen LogP contribution < -0.4 is 10.7 Å². The molecule has 0 aliphatic rings. The maximum absolute atomic E-state index is 9.35. The summed E-state index contributed by atoms with van der Waals surface area (Å²) < 4.78 is 0. The first-order chi connectivity index (χ1) is 10.0. The summed E-state index contributed by atoms with van der Waals surface area (Å²) in [6.45, 7) is 4.07. The van der Waals surface area contributed by atoms with E-state index < -0.39 is 0 Å². The van der Waals surface area contributed by atoms with E-state index in [0.717, 1.165) is 16.8 Å². The molecule has 0 fully saturated rings. The van der Waals surface area contributed by atoms with Gasteiger partial charge in [-0.05, 0) is 55.4 Å². The van der Waals surface area contributed by atoms with Crippen molar-refractivity contribution >= 4 is 29.2 Å². The van der Waals surface area contributed by atoms with Gasteiger partial charge in [0, 0.05) is 5.69 Å². The molecule has 4 nitrogen and oxygen atoms in total. The van der Waals surface area contributed by atoms with Gasteiger partial charge in [-0.1, -0.05) is 29.8 Å². The highest BCUT2D eigenvalue weighted by Gasteiger charge is 2.00. The molecule has 2 rings (SSSR count). The molecule has 0 saturated carbocycles. The van der Waals surface area contributed by atoms with E-state index in [0.29, 0.717) is 5.11 Å². The molecule has 0 amide bonds. The number of benzene rings is 2. The summed E-state index contributed by atoms with van der Waals surface area (Å²) in [5, 5.41) is 16.9. The van der Waals surface area contributed by atoms with Crippen molar-refractivity contribution in [2.24, 2.45) is 5.10 Å². The van der Waals surface area contributed by atoms with Crippen LogP contribution in [0.3, 0.4) is 0 Å². The zero-order chi connectivity index (χ0) is 15.2. The third-order valence-corrected chi connectivity index (χ3v) is 3.07. The van der Waals surface area contributed by atoms with Gasteiger partial charge >= 0.3 is 0 Å². The van der Waals surface area contributed by atoms with Crippen LogP contribution in [0.1, 0.15) is 16.7 Å². The van der Waals surface area contributed by atoms with Gasteiger partial charge in [-0.2, -0.15) is 5.10 Å². The first-order valence-electron chi connectivity index (χ1n) is 6.51. The molecule has 0 unspecified atom stereocenters. The number of nitrogens with one attached hydrogen (secondary N) is 2. The average Bonchev–Trinajstić information content (AvgIpc) is 2.42. The van der Waals surface area contributed by atoms with Crippen LogP contribution in [0.25, 0.3) is 0 Å². The number of hydrazone groups is 1. The van der Waals surface area contributed by atoms with Crippen LogP contribution in [0.4, 0.5) is 5.69 Å². The third kappa shape index (κ3) is 4.57. The fraction of sp³-hybridized carbons (Fsp3) is 0.125. The Kier molecular flexibility index (Phi) is 4.90. The van der Waals surface area contributed by atoms with Crippen molar-refractivity contribution in [2.45, 2.75) is 13.8 Å². The number of hydrogen-bond acceptors (Lipinski definition) is 3. The minimum Gasteiger partial charge on any atom is -0.508 e. The number of phenols is 1. The summed E-state index contributed by atoms with van der Waals surface area (Å²) in [5.41, 5.74) is 6.82. The second kappa shape index (κ2) is 6.85. The van der Waals surface area contributed by atoms with Crippen LogP contribution in [0, 0.1) is 13.8 Å². The molecule has 0 radical (unpaired) electrons. The molecule has 2 aromatic carbocycles. The SMILES string of the molecule is Cc1ccc(NC(=S)NN=Cc2cccc(O)c2)c(C)c1. The highest BCUT2D eigenvalue weighted by molar-refractivity contribution is 7.80. The Morgan fingerprint density at radius 1 is 1.19 bits per heavy atom. The second-order valence-corrected chi connectivity index (χ2v) is 5.15. The largest absolute Gasteiger partial charge is 0.508 e. The van der Waals surface area contributed by atoms with Crippen LogP contribution in [0.2, 0.25) is 0 Å². The van der Waals surface area contributed by atoms with E-state index in [1.165, 1.54) is 5.56 Å². The molecule has 0 bridgehead atoms. The molecule has 2 aromatic rings. The van der Waals surface area contributed by atoms with Crippen LogP contribution in [0.15, 0.2) is 47.6 Å². The monoisotopic (exact) mass is 299 g/mol. The Bertz CT molecular complexity index is 683. The van der Waals surface area contributed by atoms with Gasteiger partial charge in [0.05, 0.1) is 6.21 Å². The molecule has 0 aliphatic heterocycles. The summed E-state index contributed by atoms with van der Waals surface area (Å²) in [7, 11) is 0. The van der Waals surface area contributed by atoms with E-state index in [2.05, 4.69) is 21.9 Å². The number of aromatic hydroxyl groups is 1. The maximum atomic E-state index is 9.35. The molecule has 0 heterocycles. The van der Waals surface area contributed by atoms with Gasteiger partial charge in [0.2, 0.25) is 0 Å². The van der Waals surface area contributed by atoms with Crippen molar-refractivity contribution in [3.05, 3.63) is 59.2 Å². The second-order valence-electron chi connectivity index (χ2n) is 4.74. The van der Waals surface area contributed by atoms with Crippen molar-refractivity contribution in [1.82, 2.24) is 5.43 Å². The van der Waals surface area contributed by atoms with Gasteiger partial charge in [0.1, 0.15) is 5.75 Å². The van der Waals surface area contributed by atoms with E-state index in [9.17, 15) is 5.11 Å².